The summed E-state index contributed by atoms with van der Waals surface area (Å²) in [5.41, 5.74) is 0.790. The van der Waals surface area contributed by atoms with Gasteiger partial charge in [-0.25, -0.2) is 4.79 Å². The number of likely N-dealkylation sites (N-methyl/N-ethyl adjacent to an activating group) is 1. The molecule has 2 aromatic rings. The Labute approximate surface area is 136 Å². The number of aromatic carboxylic acids is 1. The normalized spacial score (nSPS) is 11.3. The van der Waals surface area contributed by atoms with Gasteiger partial charge in [0.15, 0.2) is 0 Å². The number of carbonyl (C=O) groups excluding carboxylic acids is 1. The van der Waals surface area contributed by atoms with E-state index in [0.29, 0.717) is 22.0 Å². The van der Waals surface area contributed by atoms with Crippen LogP contribution in [0.4, 0.5) is 0 Å². The average molecular weight is 333 g/mol. The summed E-state index contributed by atoms with van der Waals surface area (Å²) in [6.45, 7) is 0. The van der Waals surface area contributed by atoms with Crippen molar-refractivity contribution in [3.63, 3.8) is 0 Å². The fourth-order valence-corrected chi connectivity index (χ4v) is 2.46. The first-order valence-corrected chi connectivity index (χ1v) is 7.64. The maximum atomic E-state index is 11.7. The Kier molecular flexibility index (Phi) is 5.61. The minimum Gasteiger partial charge on any atom is -0.478 e. The zero-order valence-corrected chi connectivity index (χ0v) is 13.1. The van der Waals surface area contributed by atoms with Crippen molar-refractivity contribution in [2.24, 2.45) is 0 Å². The van der Waals surface area contributed by atoms with E-state index in [9.17, 15) is 9.59 Å². The van der Waals surface area contributed by atoms with E-state index in [2.05, 4.69) is 5.32 Å². The van der Waals surface area contributed by atoms with Gasteiger partial charge in [0.05, 0.1) is 16.4 Å². The lowest BCUT2D eigenvalue weighted by molar-refractivity contribution is -0.116. The predicted molar refractivity (Wildman–Crippen MR) is 87.8 cm³/mol. The number of hydrogen-bond donors (Lipinski definition) is 3. The zero-order valence-electron chi connectivity index (χ0n) is 12.3. The number of furan rings is 1. The van der Waals surface area contributed by atoms with E-state index in [1.165, 1.54) is 25.3 Å². The van der Waals surface area contributed by atoms with Crippen molar-refractivity contribution in [1.29, 1.82) is 0 Å². The number of hydrogen-bond acceptors (Lipinski definition) is 5. The fourth-order valence-electron chi connectivity index (χ4n) is 1.89. The molecule has 0 fully saturated rings. The van der Waals surface area contributed by atoms with Crippen LogP contribution in [-0.2, 0) is 4.79 Å². The quantitative estimate of drug-likeness (QED) is 0.554. The van der Waals surface area contributed by atoms with Gasteiger partial charge >= 0.3 is 5.97 Å². The van der Waals surface area contributed by atoms with Crippen LogP contribution in [0.3, 0.4) is 0 Å². The second kappa shape index (κ2) is 7.66. The lowest BCUT2D eigenvalue weighted by Gasteiger charge is -2.02. The number of nitrogens with one attached hydrogen (secondary N) is 1. The van der Waals surface area contributed by atoms with Crippen molar-refractivity contribution >= 4 is 29.7 Å². The number of carboxylic acids is 1. The van der Waals surface area contributed by atoms with Gasteiger partial charge in [0.2, 0.25) is 0 Å². The van der Waals surface area contributed by atoms with Crippen LogP contribution >= 0.6 is 11.8 Å². The number of benzene rings is 1. The number of aliphatic hydroxyl groups is 1. The number of thioether (sulfide) groups is 1. The minimum atomic E-state index is -1.01. The van der Waals surface area contributed by atoms with Crippen LogP contribution in [0.1, 0.15) is 16.1 Å². The van der Waals surface area contributed by atoms with Crippen molar-refractivity contribution in [1.82, 2.24) is 5.32 Å². The molecule has 0 bridgehead atoms. The summed E-state index contributed by atoms with van der Waals surface area (Å²) in [4.78, 5) is 23.0. The van der Waals surface area contributed by atoms with Gasteiger partial charge in [-0.05, 0) is 30.3 Å². The Hall–Kier alpha value is -2.51. The van der Waals surface area contributed by atoms with Crippen molar-refractivity contribution in [2.75, 3.05) is 13.0 Å². The van der Waals surface area contributed by atoms with Crippen molar-refractivity contribution in [2.45, 2.75) is 0 Å². The second-order valence-corrected chi connectivity index (χ2v) is 5.44. The molecule has 0 aliphatic carbocycles. The van der Waals surface area contributed by atoms with Gasteiger partial charge in [-0.15, -0.1) is 0 Å². The Bertz CT molecular complexity index is 750. The molecule has 2 rings (SSSR count). The molecule has 1 amide bonds. The zero-order chi connectivity index (χ0) is 16.8. The van der Waals surface area contributed by atoms with Crippen LogP contribution in [0.15, 0.2) is 45.7 Å². The predicted octanol–water partition coefficient (Wildman–Crippen LogP) is 2.41. The number of aliphatic hydroxyl groups excluding tert-OH is 1. The SMILES string of the molecule is CNC(=O)C(=Cc1ccc(-c2cccc(C(=O)O)c2)o1)SCO. The van der Waals surface area contributed by atoms with Gasteiger partial charge < -0.3 is 19.9 Å². The molecular weight excluding hydrogens is 318 g/mol. The summed E-state index contributed by atoms with van der Waals surface area (Å²) in [5.74, 6) is -0.646. The molecule has 1 aromatic carbocycles. The van der Waals surface area contributed by atoms with E-state index in [4.69, 9.17) is 14.6 Å². The first kappa shape index (κ1) is 16.9. The van der Waals surface area contributed by atoms with Crippen molar-refractivity contribution in [3.8, 4) is 11.3 Å². The molecule has 6 nitrogen and oxygen atoms in total. The highest BCUT2D eigenvalue weighted by Gasteiger charge is 2.11. The molecule has 0 atom stereocenters. The van der Waals surface area contributed by atoms with Gasteiger partial charge in [-0.3, -0.25) is 4.79 Å². The molecule has 0 spiro atoms. The highest BCUT2D eigenvalue weighted by atomic mass is 32.2. The van der Waals surface area contributed by atoms with Gasteiger partial charge in [-0.1, -0.05) is 23.9 Å². The third kappa shape index (κ3) is 4.24. The fraction of sp³-hybridized carbons (Fsp3) is 0.125. The Balaban J connectivity index is 2.31. The van der Waals surface area contributed by atoms with Gasteiger partial charge in [0.1, 0.15) is 11.5 Å². The number of amides is 1. The summed E-state index contributed by atoms with van der Waals surface area (Å²) >= 11 is 0.982. The van der Waals surface area contributed by atoms with E-state index in [0.717, 1.165) is 11.8 Å². The van der Waals surface area contributed by atoms with Gasteiger partial charge in [-0.2, -0.15) is 0 Å². The molecule has 23 heavy (non-hydrogen) atoms. The molecule has 0 aliphatic rings. The molecule has 0 aliphatic heterocycles. The van der Waals surface area contributed by atoms with Crippen LogP contribution in [0.5, 0.6) is 0 Å². The maximum absolute atomic E-state index is 11.7. The Morgan fingerprint density at radius 3 is 2.74 bits per heavy atom. The summed E-state index contributed by atoms with van der Waals surface area (Å²) in [6.07, 6.45) is 1.52. The molecule has 0 saturated carbocycles. The van der Waals surface area contributed by atoms with E-state index < -0.39 is 5.97 Å². The molecule has 3 N–H and O–H groups in total. The maximum Gasteiger partial charge on any atom is 0.335 e. The van der Waals surface area contributed by atoms with Gasteiger partial charge in [0.25, 0.3) is 5.91 Å². The summed E-state index contributed by atoms with van der Waals surface area (Å²) in [6, 6.07) is 9.74. The minimum absolute atomic E-state index is 0.165. The van der Waals surface area contributed by atoms with E-state index in [-0.39, 0.29) is 17.4 Å². The molecule has 0 saturated heterocycles. The molecule has 0 unspecified atom stereocenters. The molecule has 7 heteroatoms. The topological polar surface area (TPSA) is 99.8 Å². The molecule has 0 radical (unpaired) electrons. The summed E-state index contributed by atoms with van der Waals surface area (Å²) < 4.78 is 5.63. The van der Waals surface area contributed by atoms with Crippen LogP contribution in [0, 0.1) is 0 Å². The van der Waals surface area contributed by atoms with Crippen LogP contribution < -0.4 is 5.32 Å². The third-order valence-corrected chi connectivity index (χ3v) is 3.71. The summed E-state index contributed by atoms with van der Waals surface area (Å²) in [7, 11) is 1.50. The number of carbonyl (C=O) groups is 2. The van der Waals surface area contributed by atoms with Crippen LogP contribution in [0.2, 0.25) is 0 Å². The molecule has 120 valence electrons. The van der Waals surface area contributed by atoms with E-state index >= 15 is 0 Å². The van der Waals surface area contributed by atoms with Crippen LogP contribution in [0.25, 0.3) is 17.4 Å². The Morgan fingerprint density at radius 2 is 2.09 bits per heavy atom. The Morgan fingerprint density at radius 1 is 1.30 bits per heavy atom. The first-order valence-electron chi connectivity index (χ1n) is 6.66. The van der Waals surface area contributed by atoms with E-state index in [1.54, 1.807) is 24.3 Å². The third-order valence-electron chi connectivity index (χ3n) is 2.97. The molecule has 1 heterocycles. The number of carboxylic acid groups (broad SMARTS) is 1. The smallest absolute Gasteiger partial charge is 0.335 e. The van der Waals surface area contributed by atoms with E-state index in [1.807, 2.05) is 0 Å². The van der Waals surface area contributed by atoms with Crippen molar-refractivity contribution in [3.05, 3.63) is 52.6 Å². The monoisotopic (exact) mass is 333 g/mol. The molecular formula is C16H15NO5S. The first-order chi connectivity index (χ1) is 11.0. The average Bonchev–Trinajstić information content (AvgIpc) is 3.02. The van der Waals surface area contributed by atoms with Gasteiger partial charge in [0, 0.05) is 12.6 Å². The second-order valence-electron chi connectivity index (χ2n) is 4.45. The lowest BCUT2D eigenvalue weighted by Crippen LogP contribution is -2.18. The molecule has 1 aromatic heterocycles. The highest BCUT2D eigenvalue weighted by molar-refractivity contribution is 8.03. The lowest BCUT2D eigenvalue weighted by atomic mass is 10.1. The summed E-state index contributed by atoms with van der Waals surface area (Å²) in [5, 5.41) is 20.5. The standard InChI is InChI=1S/C16H15NO5S/c1-17-15(19)14(23-9-18)8-12-5-6-13(22-12)10-3-2-4-11(7-10)16(20)21/h2-8,18H,9H2,1H3,(H,17,19)(H,20,21). The highest BCUT2D eigenvalue weighted by Crippen LogP contribution is 2.26. The van der Waals surface area contributed by atoms with Crippen molar-refractivity contribution < 1.29 is 24.2 Å². The number of rotatable bonds is 6. The largest absolute Gasteiger partial charge is 0.478 e. The van der Waals surface area contributed by atoms with Crippen LogP contribution in [-0.4, -0.2) is 35.1 Å².